The molecule has 28 heavy (non-hydrogen) atoms. The normalized spacial score (nSPS) is 12.2. The molecule has 0 aromatic heterocycles. The predicted octanol–water partition coefficient (Wildman–Crippen LogP) is 7.73. The van der Waals surface area contributed by atoms with E-state index >= 15 is 0 Å². The van der Waals surface area contributed by atoms with E-state index < -0.39 is 12.1 Å². The molecular weight excluding hydrogens is 348 g/mol. The van der Waals surface area contributed by atoms with Gasteiger partial charge in [-0.2, -0.15) is 0 Å². The number of ether oxygens (including phenoxy) is 1. The van der Waals surface area contributed by atoms with E-state index in [1.807, 2.05) is 0 Å². The average molecular weight is 399 g/mol. The zero-order valence-electron chi connectivity index (χ0n) is 19.2. The van der Waals surface area contributed by atoms with Gasteiger partial charge in [0.25, 0.3) is 0 Å². The zero-order chi connectivity index (χ0) is 20.7. The SMILES string of the molecule is CCCCCCCCCCCCCCCCCCCCCC[C@H](O)C(=O)OC. The summed E-state index contributed by atoms with van der Waals surface area (Å²) in [6.07, 6.45) is 26.8. The van der Waals surface area contributed by atoms with Crippen LogP contribution in [0.25, 0.3) is 0 Å². The van der Waals surface area contributed by atoms with Crippen LogP contribution in [0.15, 0.2) is 0 Å². The van der Waals surface area contributed by atoms with Crippen LogP contribution >= 0.6 is 0 Å². The first-order valence-corrected chi connectivity index (χ1v) is 12.5. The van der Waals surface area contributed by atoms with Crippen molar-refractivity contribution in [2.24, 2.45) is 0 Å². The molecule has 0 saturated carbocycles. The highest BCUT2D eigenvalue weighted by molar-refractivity contribution is 5.74. The van der Waals surface area contributed by atoms with Gasteiger partial charge in [0.15, 0.2) is 6.10 Å². The van der Waals surface area contributed by atoms with Crippen molar-refractivity contribution in [3.8, 4) is 0 Å². The van der Waals surface area contributed by atoms with Gasteiger partial charge in [-0.15, -0.1) is 0 Å². The summed E-state index contributed by atoms with van der Waals surface area (Å²) in [7, 11) is 1.32. The summed E-state index contributed by atoms with van der Waals surface area (Å²) < 4.78 is 4.52. The molecule has 0 amide bonds. The molecule has 0 spiro atoms. The average Bonchev–Trinajstić information content (AvgIpc) is 2.71. The first kappa shape index (κ1) is 27.4. The van der Waals surface area contributed by atoms with Crippen molar-refractivity contribution in [3.63, 3.8) is 0 Å². The molecule has 0 aliphatic carbocycles. The molecule has 0 aliphatic heterocycles. The van der Waals surface area contributed by atoms with Gasteiger partial charge in [0.05, 0.1) is 7.11 Å². The van der Waals surface area contributed by atoms with Gasteiger partial charge in [-0.1, -0.05) is 135 Å². The summed E-state index contributed by atoms with van der Waals surface area (Å²) in [5.41, 5.74) is 0. The molecule has 168 valence electrons. The quantitative estimate of drug-likeness (QED) is 0.150. The summed E-state index contributed by atoms with van der Waals surface area (Å²) >= 11 is 0. The lowest BCUT2D eigenvalue weighted by Crippen LogP contribution is -2.21. The molecular formula is C25H50O3. The minimum absolute atomic E-state index is 0.502. The maximum Gasteiger partial charge on any atom is 0.334 e. The highest BCUT2D eigenvalue weighted by atomic mass is 16.5. The number of carbonyl (C=O) groups excluding carboxylic acids is 1. The molecule has 1 atom stereocenters. The van der Waals surface area contributed by atoms with Crippen molar-refractivity contribution in [1.29, 1.82) is 0 Å². The Bertz CT molecular complexity index is 317. The van der Waals surface area contributed by atoms with Crippen molar-refractivity contribution >= 4 is 5.97 Å². The minimum Gasteiger partial charge on any atom is -0.467 e. The molecule has 1 N–H and O–H groups in total. The second-order valence-electron chi connectivity index (χ2n) is 8.55. The van der Waals surface area contributed by atoms with Crippen LogP contribution in [0.2, 0.25) is 0 Å². The molecule has 0 radical (unpaired) electrons. The lowest BCUT2D eigenvalue weighted by Gasteiger charge is -2.07. The third-order valence-corrected chi connectivity index (χ3v) is 5.80. The first-order chi connectivity index (χ1) is 13.7. The van der Waals surface area contributed by atoms with E-state index in [-0.39, 0.29) is 0 Å². The van der Waals surface area contributed by atoms with Crippen molar-refractivity contribution in [1.82, 2.24) is 0 Å². The second-order valence-corrected chi connectivity index (χ2v) is 8.55. The predicted molar refractivity (Wildman–Crippen MR) is 121 cm³/mol. The van der Waals surface area contributed by atoms with Gasteiger partial charge in [-0.05, 0) is 6.42 Å². The maximum atomic E-state index is 11.1. The molecule has 0 heterocycles. The Hall–Kier alpha value is -0.570. The summed E-state index contributed by atoms with van der Waals surface area (Å²) in [5.74, 6) is -0.502. The monoisotopic (exact) mass is 398 g/mol. The third-order valence-electron chi connectivity index (χ3n) is 5.80. The lowest BCUT2D eigenvalue weighted by molar-refractivity contribution is -0.150. The molecule has 0 bridgehead atoms. The van der Waals surface area contributed by atoms with E-state index in [1.165, 1.54) is 123 Å². The zero-order valence-corrected chi connectivity index (χ0v) is 19.2. The number of rotatable bonds is 22. The highest BCUT2D eigenvalue weighted by Gasteiger charge is 2.13. The van der Waals surface area contributed by atoms with E-state index in [2.05, 4.69) is 11.7 Å². The van der Waals surface area contributed by atoms with Gasteiger partial charge in [-0.25, -0.2) is 4.79 Å². The molecule has 0 rings (SSSR count). The summed E-state index contributed by atoms with van der Waals surface area (Å²) in [6, 6.07) is 0. The smallest absolute Gasteiger partial charge is 0.334 e. The van der Waals surface area contributed by atoms with Gasteiger partial charge in [0, 0.05) is 0 Å². The molecule has 0 fully saturated rings. The van der Waals surface area contributed by atoms with Crippen LogP contribution in [0, 0.1) is 0 Å². The number of methoxy groups -OCH3 is 1. The molecule has 0 aliphatic rings. The number of aliphatic hydroxyl groups is 1. The van der Waals surface area contributed by atoms with E-state index in [4.69, 9.17) is 0 Å². The molecule has 0 aromatic carbocycles. The van der Waals surface area contributed by atoms with Gasteiger partial charge >= 0.3 is 5.97 Å². The fourth-order valence-electron chi connectivity index (χ4n) is 3.85. The van der Waals surface area contributed by atoms with Gasteiger partial charge in [0.1, 0.15) is 0 Å². The van der Waals surface area contributed by atoms with E-state index in [0.717, 1.165) is 12.8 Å². The summed E-state index contributed by atoms with van der Waals surface area (Å²) in [5, 5.41) is 9.49. The Morgan fingerprint density at radius 1 is 0.607 bits per heavy atom. The fraction of sp³-hybridized carbons (Fsp3) is 0.960. The van der Waals surface area contributed by atoms with Crippen LogP contribution in [-0.2, 0) is 9.53 Å². The number of hydrogen-bond donors (Lipinski definition) is 1. The van der Waals surface area contributed by atoms with Crippen molar-refractivity contribution in [2.75, 3.05) is 7.11 Å². The van der Waals surface area contributed by atoms with E-state index in [1.54, 1.807) is 0 Å². The maximum absolute atomic E-state index is 11.1. The Morgan fingerprint density at radius 2 is 0.893 bits per heavy atom. The molecule has 3 nitrogen and oxygen atoms in total. The van der Waals surface area contributed by atoms with Crippen molar-refractivity contribution < 1.29 is 14.6 Å². The lowest BCUT2D eigenvalue weighted by atomic mass is 10.0. The Labute approximate surface area is 176 Å². The van der Waals surface area contributed by atoms with Gasteiger partial charge in [0.2, 0.25) is 0 Å². The molecule has 0 saturated heterocycles. The number of carbonyl (C=O) groups is 1. The van der Waals surface area contributed by atoms with Gasteiger partial charge in [-0.3, -0.25) is 0 Å². The largest absolute Gasteiger partial charge is 0.467 e. The number of aliphatic hydroxyl groups excluding tert-OH is 1. The molecule has 0 unspecified atom stereocenters. The highest BCUT2D eigenvalue weighted by Crippen LogP contribution is 2.15. The van der Waals surface area contributed by atoms with Crippen LogP contribution in [-0.4, -0.2) is 24.3 Å². The Kier molecular flexibility index (Phi) is 22.3. The molecule has 3 heteroatoms. The standard InChI is InChI=1S/C25H50O3/c1-3-4-5-6-7-8-9-10-11-12-13-14-15-16-17-18-19-20-21-22-23-24(26)25(27)28-2/h24,26H,3-23H2,1-2H3/t24-/m0/s1. The Balaban J connectivity index is 3.08. The fourth-order valence-corrected chi connectivity index (χ4v) is 3.85. The third kappa shape index (κ3) is 20.2. The number of esters is 1. The van der Waals surface area contributed by atoms with Gasteiger partial charge < -0.3 is 9.84 Å². The van der Waals surface area contributed by atoms with Crippen LogP contribution in [0.4, 0.5) is 0 Å². The van der Waals surface area contributed by atoms with Crippen LogP contribution in [0.1, 0.15) is 142 Å². The molecule has 0 aromatic rings. The van der Waals surface area contributed by atoms with Crippen LogP contribution in [0.3, 0.4) is 0 Å². The van der Waals surface area contributed by atoms with Crippen LogP contribution in [0.5, 0.6) is 0 Å². The number of unbranched alkanes of at least 4 members (excludes halogenated alkanes) is 19. The summed E-state index contributed by atoms with van der Waals surface area (Å²) in [6.45, 7) is 2.28. The minimum atomic E-state index is -0.930. The topological polar surface area (TPSA) is 46.5 Å². The van der Waals surface area contributed by atoms with E-state index in [9.17, 15) is 9.90 Å². The van der Waals surface area contributed by atoms with Crippen molar-refractivity contribution in [2.45, 2.75) is 148 Å². The van der Waals surface area contributed by atoms with Crippen LogP contribution < -0.4 is 0 Å². The number of hydrogen-bond acceptors (Lipinski definition) is 3. The second kappa shape index (κ2) is 22.7. The Morgan fingerprint density at radius 3 is 1.18 bits per heavy atom. The van der Waals surface area contributed by atoms with E-state index in [0.29, 0.717) is 6.42 Å². The summed E-state index contributed by atoms with van der Waals surface area (Å²) in [4.78, 5) is 11.1. The first-order valence-electron chi connectivity index (χ1n) is 12.5. The van der Waals surface area contributed by atoms with Crippen molar-refractivity contribution in [3.05, 3.63) is 0 Å².